The lowest BCUT2D eigenvalue weighted by Crippen LogP contribution is -2.09. The SMILES string of the molecule is O=P(O)(O)On1nnc2ccc(Cl)cc21. The molecule has 0 aliphatic heterocycles. The van der Waals surface area contributed by atoms with Crippen LogP contribution >= 0.6 is 19.4 Å². The average Bonchev–Trinajstić information content (AvgIpc) is 2.46. The van der Waals surface area contributed by atoms with Crippen LogP contribution in [-0.2, 0) is 4.57 Å². The lowest BCUT2D eigenvalue weighted by molar-refractivity contribution is 0.158. The van der Waals surface area contributed by atoms with Gasteiger partial charge in [-0.2, -0.15) is 0 Å². The van der Waals surface area contributed by atoms with E-state index in [4.69, 9.17) is 21.4 Å². The van der Waals surface area contributed by atoms with Crippen LogP contribution < -0.4 is 4.62 Å². The van der Waals surface area contributed by atoms with E-state index < -0.39 is 7.82 Å². The van der Waals surface area contributed by atoms with Gasteiger partial charge < -0.3 is 0 Å². The van der Waals surface area contributed by atoms with Gasteiger partial charge in [0.05, 0.1) is 0 Å². The van der Waals surface area contributed by atoms with Crippen LogP contribution in [0.3, 0.4) is 0 Å². The fraction of sp³-hybridized carbons (Fsp3) is 0. The second kappa shape index (κ2) is 3.46. The zero-order chi connectivity index (χ0) is 11.1. The van der Waals surface area contributed by atoms with Gasteiger partial charge in [0.25, 0.3) is 0 Å². The predicted molar refractivity (Wildman–Crippen MR) is 51.2 cm³/mol. The molecular weight excluding hydrogens is 245 g/mol. The van der Waals surface area contributed by atoms with E-state index in [2.05, 4.69) is 14.9 Å². The smallest absolute Gasteiger partial charge is 0.292 e. The number of phosphoric acid groups is 1. The first-order chi connectivity index (χ1) is 6.96. The largest absolute Gasteiger partial charge is 0.545 e. The van der Waals surface area contributed by atoms with Crippen LogP contribution in [0.25, 0.3) is 11.0 Å². The number of aromatic nitrogens is 3. The monoisotopic (exact) mass is 249 g/mol. The highest BCUT2D eigenvalue weighted by molar-refractivity contribution is 7.46. The van der Waals surface area contributed by atoms with E-state index in [1.165, 1.54) is 6.07 Å². The summed E-state index contributed by atoms with van der Waals surface area (Å²) in [5.41, 5.74) is 0.707. The van der Waals surface area contributed by atoms with Gasteiger partial charge in [-0.25, -0.2) is 4.57 Å². The summed E-state index contributed by atoms with van der Waals surface area (Å²) >= 11 is 5.70. The Morgan fingerprint density at radius 2 is 2.20 bits per heavy atom. The maximum absolute atomic E-state index is 10.6. The Balaban J connectivity index is 2.53. The van der Waals surface area contributed by atoms with E-state index >= 15 is 0 Å². The van der Waals surface area contributed by atoms with Gasteiger partial charge in [0.2, 0.25) is 0 Å². The highest BCUT2D eigenvalue weighted by atomic mass is 35.5. The van der Waals surface area contributed by atoms with Crippen molar-refractivity contribution in [2.24, 2.45) is 0 Å². The van der Waals surface area contributed by atoms with Gasteiger partial charge in [-0.05, 0) is 23.4 Å². The van der Waals surface area contributed by atoms with Crippen molar-refractivity contribution >= 4 is 30.5 Å². The molecule has 0 aliphatic rings. The van der Waals surface area contributed by atoms with E-state index in [1.807, 2.05) is 0 Å². The van der Waals surface area contributed by atoms with Crippen LogP contribution in [0.1, 0.15) is 0 Å². The number of benzene rings is 1. The third-order valence-corrected chi connectivity index (χ3v) is 2.16. The minimum atomic E-state index is -4.66. The quantitative estimate of drug-likeness (QED) is 0.757. The summed E-state index contributed by atoms with van der Waals surface area (Å²) in [7, 11) is -4.66. The van der Waals surface area contributed by atoms with Crippen LogP contribution in [-0.4, -0.2) is 24.9 Å². The van der Waals surface area contributed by atoms with Crippen LogP contribution in [0.15, 0.2) is 18.2 Å². The Labute approximate surface area is 88.4 Å². The van der Waals surface area contributed by atoms with Crippen LogP contribution in [0.4, 0.5) is 0 Å². The molecule has 0 fully saturated rings. The second-order valence-corrected chi connectivity index (χ2v) is 4.25. The molecule has 1 heterocycles. The molecule has 7 nitrogen and oxygen atoms in total. The Morgan fingerprint density at radius 3 is 2.87 bits per heavy atom. The molecule has 0 bridgehead atoms. The van der Waals surface area contributed by atoms with Crippen molar-refractivity contribution < 1.29 is 19.0 Å². The molecule has 0 unspecified atom stereocenters. The average molecular weight is 250 g/mol. The summed E-state index contributed by atoms with van der Waals surface area (Å²) in [6, 6.07) is 4.58. The van der Waals surface area contributed by atoms with Crippen LogP contribution in [0.5, 0.6) is 0 Å². The van der Waals surface area contributed by atoms with Crippen molar-refractivity contribution in [2.45, 2.75) is 0 Å². The fourth-order valence-electron chi connectivity index (χ4n) is 1.03. The van der Waals surface area contributed by atoms with Gasteiger partial charge in [-0.3, -0.25) is 14.4 Å². The van der Waals surface area contributed by atoms with Gasteiger partial charge in [0.1, 0.15) is 11.0 Å². The molecule has 1 aromatic heterocycles. The molecule has 0 spiro atoms. The number of hydrogen-bond donors (Lipinski definition) is 2. The maximum atomic E-state index is 10.6. The molecule has 2 aromatic rings. The van der Waals surface area contributed by atoms with E-state index in [1.54, 1.807) is 12.1 Å². The van der Waals surface area contributed by atoms with Crippen molar-refractivity contribution in [1.29, 1.82) is 0 Å². The topological polar surface area (TPSA) is 97.5 Å². The maximum Gasteiger partial charge on any atom is 0.545 e. The summed E-state index contributed by atoms with van der Waals surface area (Å²) in [6.07, 6.45) is 0. The normalized spacial score (nSPS) is 11.9. The molecule has 0 aliphatic carbocycles. The standard InChI is InChI=1S/C6H5ClN3O4P/c7-4-1-2-5-6(3-4)10(9-8-5)14-15(11,12)13/h1-3H,(H2,11,12,13). The molecule has 0 amide bonds. The van der Waals surface area contributed by atoms with E-state index in [0.717, 1.165) is 0 Å². The number of hydrogen-bond acceptors (Lipinski definition) is 4. The fourth-order valence-corrected chi connectivity index (χ4v) is 1.52. The Bertz CT molecular complexity index is 550. The van der Waals surface area contributed by atoms with Crippen molar-refractivity contribution in [1.82, 2.24) is 15.2 Å². The van der Waals surface area contributed by atoms with Crippen LogP contribution in [0.2, 0.25) is 5.02 Å². The molecule has 2 N–H and O–H groups in total. The first-order valence-electron chi connectivity index (χ1n) is 3.72. The van der Waals surface area contributed by atoms with Gasteiger partial charge in [0, 0.05) is 5.02 Å². The molecule has 1 aromatic carbocycles. The molecular formula is C6H5ClN3O4P. The van der Waals surface area contributed by atoms with E-state index in [-0.39, 0.29) is 5.52 Å². The highest BCUT2D eigenvalue weighted by Crippen LogP contribution is 2.32. The minimum Gasteiger partial charge on any atom is -0.292 e. The predicted octanol–water partition coefficient (Wildman–Crippen LogP) is 0.606. The number of halogens is 1. The number of nitrogens with zero attached hydrogens (tertiary/aromatic N) is 3. The van der Waals surface area contributed by atoms with Crippen molar-refractivity contribution in [2.75, 3.05) is 0 Å². The summed E-state index contributed by atoms with van der Waals surface area (Å²) < 4.78 is 14.8. The third-order valence-electron chi connectivity index (χ3n) is 1.56. The molecule has 0 saturated carbocycles. The summed E-state index contributed by atoms with van der Waals surface area (Å²) in [4.78, 5) is 17.8. The van der Waals surface area contributed by atoms with Crippen molar-refractivity contribution in [3.8, 4) is 0 Å². The number of rotatable bonds is 2. The second-order valence-electron chi connectivity index (χ2n) is 2.67. The lowest BCUT2D eigenvalue weighted by atomic mass is 10.3. The van der Waals surface area contributed by atoms with Gasteiger partial charge in [0.15, 0.2) is 0 Å². The summed E-state index contributed by atoms with van der Waals surface area (Å²) in [5.74, 6) is 0. The molecule has 15 heavy (non-hydrogen) atoms. The zero-order valence-corrected chi connectivity index (χ0v) is 8.76. The van der Waals surface area contributed by atoms with E-state index in [0.29, 0.717) is 15.4 Å². The first kappa shape index (κ1) is 10.4. The summed E-state index contributed by atoms with van der Waals surface area (Å²) in [6.45, 7) is 0. The lowest BCUT2D eigenvalue weighted by Gasteiger charge is -2.04. The molecule has 2 rings (SSSR count). The molecule has 80 valence electrons. The highest BCUT2D eigenvalue weighted by Gasteiger charge is 2.19. The van der Waals surface area contributed by atoms with E-state index in [9.17, 15) is 4.57 Å². The minimum absolute atomic E-state index is 0.283. The Morgan fingerprint density at radius 1 is 1.47 bits per heavy atom. The van der Waals surface area contributed by atoms with Gasteiger partial charge in [-0.15, -0.1) is 5.10 Å². The van der Waals surface area contributed by atoms with Gasteiger partial charge in [-0.1, -0.05) is 16.4 Å². The van der Waals surface area contributed by atoms with Gasteiger partial charge >= 0.3 is 7.82 Å². The Kier molecular flexibility index (Phi) is 2.40. The van der Waals surface area contributed by atoms with Crippen molar-refractivity contribution in [3.05, 3.63) is 23.2 Å². The van der Waals surface area contributed by atoms with Crippen LogP contribution in [0, 0.1) is 0 Å². The molecule has 9 heteroatoms. The van der Waals surface area contributed by atoms with Crippen molar-refractivity contribution in [3.63, 3.8) is 0 Å². The Hall–Kier alpha value is -1.14. The molecule has 0 radical (unpaired) electrons. The zero-order valence-electron chi connectivity index (χ0n) is 7.11. The summed E-state index contributed by atoms with van der Waals surface area (Å²) in [5, 5.41) is 7.43. The number of fused-ring (bicyclic) bond motifs is 1. The molecule has 0 saturated heterocycles. The first-order valence-corrected chi connectivity index (χ1v) is 5.63. The third kappa shape index (κ3) is 2.27. The molecule has 0 atom stereocenters.